The molecule has 2 aromatic rings. The Bertz CT molecular complexity index is 957. The zero-order valence-electron chi connectivity index (χ0n) is 15.2. The number of nitrogens with two attached hydrogens (primary N) is 1. The monoisotopic (exact) mass is 405 g/mol. The summed E-state index contributed by atoms with van der Waals surface area (Å²) in [6.45, 7) is 3.16. The number of hydrogen-bond acceptors (Lipinski definition) is 5. The van der Waals surface area contributed by atoms with Crippen LogP contribution in [0.15, 0.2) is 40.6 Å². The molecular weight excluding hydrogens is 382 g/mol. The van der Waals surface area contributed by atoms with Crippen LogP contribution in [-0.2, 0) is 21.2 Å². The summed E-state index contributed by atoms with van der Waals surface area (Å²) in [5.41, 5.74) is 1.85. The number of nitrogens with zero attached hydrogens (tertiary/aromatic N) is 2. The van der Waals surface area contributed by atoms with Crippen molar-refractivity contribution in [2.75, 3.05) is 18.0 Å². The van der Waals surface area contributed by atoms with Gasteiger partial charge < -0.3 is 9.80 Å². The molecule has 2 N–H and O–H groups in total. The van der Waals surface area contributed by atoms with Crippen molar-refractivity contribution in [3.63, 3.8) is 0 Å². The van der Waals surface area contributed by atoms with E-state index in [0.717, 1.165) is 30.6 Å². The number of fused-ring (bicyclic) bond motifs is 1. The van der Waals surface area contributed by atoms with Crippen LogP contribution < -0.4 is 10.0 Å². The highest BCUT2D eigenvalue weighted by molar-refractivity contribution is 7.89. The van der Waals surface area contributed by atoms with Gasteiger partial charge in [0, 0.05) is 23.2 Å². The van der Waals surface area contributed by atoms with Gasteiger partial charge in [-0.3, -0.25) is 4.79 Å². The van der Waals surface area contributed by atoms with Gasteiger partial charge >= 0.3 is 0 Å². The molecule has 3 heterocycles. The van der Waals surface area contributed by atoms with Crippen molar-refractivity contribution in [3.8, 4) is 0 Å². The molecule has 4 rings (SSSR count). The van der Waals surface area contributed by atoms with E-state index in [2.05, 4.69) is 23.3 Å². The second kappa shape index (κ2) is 6.92. The van der Waals surface area contributed by atoms with Crippen molar-refractivity contribution < 1.29 is 13.2 Å². The normalized spacial score (nSPS) is 22.3. The minimum absolute atomic E-state index is 0.124. The maximum absolute atomic E-state index is 13.1. The number of primary sulfonamides is 1. The molecule has 1 amide bonds. The van der Waals surface area contributed by atoms with Gasteiger partial charge in [-0.2, -0.15) is 0 Å². The van der Waals surface area contributed by atoms with Crippen LogP contribution in [0.4, 0.5) is 5.69 Å². The van der Waals surface area contributed by atoms with E-state index in [-0.39, 0.29) is 22.9 Å². The topological polar surface area (TPSA) is 83.7 Å². The molecule has 1 fully saturated rings. The molecular formula is C19H23N3O3S2. The van der Waals surface area contributed by atoms with Gasteiger partial charge in [-0.05, 0) is 61.4 Å². The molecule has 144 valence electrons. The lowest BCUT2D eigenvalue weighted by molar-refractivity contribution is -0.130. The number of anilines is 1. The summed E-state index contributed by atoms with van der Waals surface area (Å²) in [5.74, 6) is 0.126. The number of sulfonamides is 1. The van der Waals surface area contributed by atoms with E-state index in [1.54, 1.807) is 23.5 Å². The Balaban J connectivity index is 1.54. The Labute approximate surface area is 163 Å². The maximum atomic E-state index is 13.1. The zero-order chi connectivity index (χ0) is 19.2. The predicted octanol–water partition coefficient (Wildman–Crippen LogP) is 2.51. The molecule has 2 aliphatic rings. The molecule has 2 aliphatic heterocycles. The van der Waals surface area contributed by atoms with E-state index in [1.165, 1.54) is 10.9 Å². The first kappa shape index (κ1) is 18.5. The van der Waals surface area contributed by atoms with Gasteiger partial charge in [0.25, 0.3) is 0 Å². The number of amides is 1. The Morgan fingerprint density at radius 1 is 1.33 bits per heavy atom. The molecule has 0 radical (unpaired) electrons. The van der Waals surface area contributed by atoms with Crippen molar-refractivity contribution in [1.82, 2.24) is 4.90 Å². The molecule has 0 bridgehead atoms. The highest BCUT2D eigenvalue weighted by Crippen LogP contribution is 2.37. The Morgan fingerprint density at radius 3 is 2.85 bits per heavy atom. The fourth-order valence-electron chi connectivity index (χ4n) is 4.17. The molecule has 0 unspecified atom stereocenters. The molecule has 1 aromatic heterocycles. The third-order valence-corrected chi connectivity index (χ3v) is 7.37. The summed E-state index contributed by atoms with van der Waals surface area (Å²) in [4.78, 5) is 18.5. The average molecular weight is 406 g/mol. The lowest BCUT2D eigenvalue weighted by Gasteiger charge is -2.30. The predicted molar refractivity (Wildman–Crippen MR) is 106 cm³/mol. The SMILES string of the molecule is C[C@@H]1Cc2cc(S(N)(=O)=O)ccc2N1CC(=O)N1CCC[C@@H]1c1cccs1. The molecule has 27 heavy (non-hydrogen) atoms. The molecule has 1 aromatic carbocycles. The molecule has 1 saturated heterocycles. The number of carbonyl (C=O) groups is 1. The average Bonchev–Trinajstić information content (AvgIpc) is 3.33. The highest BCUT2D eigenvalue weighted by Gasteiger charge is 2.34. The van der Waals surface area contributed by atoms with Crippen LogP contribution in [0.1, 0.15) is 36.2 Å². The summed E-state index contributed by atoms with van der Waals surface area (Å²) >= 11 is 1.70. The van der Waals surface area contributed by atoms with E-state index in [0.29, 0.717) is 13.0 Å². The van der Waals surface area contributed by atoms with Crippen LogP contribution in [0.25, 0.3) is 0 Å². The van der Waals surface area contributed by atoms with Crippen molar-refractivity contribution in [3.05, 3.63) is 46.2 Å². The number of benzene rings is 1. The number of likely N-dealkylation sites (tertiary alicyclic amines) is 1. The van der Waals surface area contributed by atoms with Crippen LogP contribution in [0.3, 0.4) is 0 Å². The van der Waals surface area contributed by atoms with Crippen molar-refractivity contribution in [2.45, 2.75) is 43.2 Å². The largest absolute Gasteiger partial charge is 0.359 e. The second-order valence-electron chi connectivity index (χ2n) is 7.28. The smallest absolute Gasteiger partial charge is 0.242 e. The summed E-state index contributed by atoms with van der Waals surface area (Å²) < 4.78 is 23.2. The molecule has 6 nitrogen and oxygen atoms in total. The zero-order valence-corrected chi connectivity index (χ0v) is 16.8. The molecule has 2 atom stereocenters. The number of rotatable bonds is 4. The Kier molecular flexibility index (Phi) is 4.73. The van der Waals surface area contributed by atoms with Gasteiger partial charge in [0.05, 0.1) is 17.5 Å². The lowest BCUT2D eigenvalue weighted by Crippen LogP contribution is -2.42. The third-order valence-electron chi connectivity index (χ3n) is 5.49. The van der Waals surface area contributed by atoms with E-state index in [9.17, 15) is 13.2 Å². The number of carbonyl (C=O) groups excluding carboxylic acids is 1. The summed E-state index contributed by atoms with van der Waals surface area (Å²) in [6.07, 6.45) is 2.74. The molecule has 0 aliphatic carbocycles. The Hall–Kier alpha value is -1.90. The summed E-state index contributed by atoms with van der Waals surface area (Å²) in [6, 6.07) is 9.38. The van der Waals surface area contributed by atoms with E-state index in [4.69, 9.17) is 5.14 Å². The fourth-order valence-corrected chi connectivity index (χ4v) is 5.61. The minimum Gasteiger partial charge on any atom is -0.359 e. The van der Waals surface area contributed by atoms with Gasteiger partial charge in [-0.25, -0.2) is 13.6 Å². The van der Waals surface area contributed by atoms with Gasteiger partial charge in [0.1, 0.15) is 0 Å². The molecule has 0 saturated carbocycles. The van der Waals surface area contributed by atoms with Gasteiger partial charge in [-0.1, -0.05) is 6.07 Å². The van der Waals surface area contributed by atoms with Crippen LogP contribution in [0.2, 0.25) is 0 Å². The maximum Gasteiger partial charge on any atom is 0.242 e. The standard InChI is InChI=1S/C19H23N3O3S2/c1-13-10-14-11-15(27(20,24)25)6-7-16(14)22(13)12-19(23)21-8-2-4-17(21)18-5-3-9-26-18/h3,5-7,9,11,13,17H,2,4,8,10,12H2,1H3,(H2,20,24,25)/t13-,17-/m1/s1. The first-order valence-electron chi connectivity index (χ1n) is 9.10. The second-order valence-corrected chi connectivity index (χ2v) is 9.82. The quantitative estimate of drug-likeness (QED) is 0.847. The first-order chi connectivity index (χ1) is 12.8. The van der Waals surface area contributed by atoms with Crippen LogP contribution >= 0.6 is 11.3 Å². The van der Waals surface area contributed by atoms with Crippen LogP contribution in [0, 0.1) is 0 Å². The highest BCUT2D eigenvalue weighted by atomic mass is 32.2. The Morgan fingerprint density at radius 2 is 2.15 bits per heavy atom. The van der Waals surface area contributed by atoms with Gasteiger partial charge in [0.15, 0.2) is 0 Å². The van der Waals surface area contributed by atoms with Crippen molar-refractivity contribution in [1.29, 1.82) is 0 Å². The first-order valence-corrected chi connectivity index (χ1v) is 11.5. The van der Waals surface area contributed by atoms with Crippen molar-refractivity contribution >= 4 is 33.0 Å². The van der Waals surface area contributed by atoms with Crippen LogP contribution in [0.5, 0.6) is 0 Å². The summed E-state index contributed by atoms with van der Waals surface area (Å²) in [5, 5.41) is 7.30. The van der Waals surface area contributed by atoms with Crippen LogP contribution in [-0.4, -0.2) is 38.4 Å². The number of hydrogen-bond donors (Lipinski definition) is 1. The van der Waals surface area contributed by atoms with Gasteiger partial charge in [-0.15, -0.1) is 11.3 Å². The van der Waals surface area contributed by atoms with Crippen molar-refractivity contribution in [2.24, 2.45) is 5.14 Å². The van der Waals surface area contributed by atoms with Gasteiger partial charge in [0.2, 0.25) is 15.9 Å². The fraction of sp³-hybridized carbons (Fsp3) is 0.421. The molecule has 8 heteroatoms. The van der Waals surface area contributed by atoms with E-state index < -0.39 is 10.0 Å². The van der Waals surface area contributed by atoms with E-state index >= 15 is 0 Å². The third kappa shape index (κ3) is 3.49. The number of thiophene rings is 1. The van der Waals surface area contributed by atoms with E-state index in [1.807, 2.05) is 11.0 Å². The minimum atomic E-state index is -3.72. The summed E-state index contributed by atoms with van der Waals surface area (Å²) in [7, 11) is -3.72. The lowest BCUT2D eigenvalue weighted by atomic mass is 10.1. The molecule has 0 spiro atoms.